The lowest BCUT2D eigenvalue weighted by atomic mass is 10.1. The third-order valence-corrected chi connectivity index (χ3v) is 4.80. The van der Waals surface area contributed by atoms with Gasteiger partial charge in [-0.15, -0.1) is 0 Å². The largest absolute Gasteiger partial charge is 0.352 e. The number of benzene rings is 1. The molecule has 7 nitrogen and oxygen atoms in total. The fourth-order valence-corrected chi connectivity index (χ4v) is 2.99. The number of hydrogen-bond acceptors (Lipinski definition) is 4. The maximum Gasteiger partial charge on any atom is 0.226 e. The summed E-state index contributed by atoms with van der Waals surface area (Å²) in [6.07, 6.45) is 1.42. The molecule has 2 N–H and O–H groups in total. The van der Waals surface area contributed by atoms with Crippen LogP contribution in [0.25, 0.3) is 0 Å². The minimum Gasteiger partial charge on any atom is -0.352 e. The van der Waals surface area contributed by atoms with Crippen molar-refractivity contribution in [3.05, 3.63) is 46.8 Å². The van der Waals surface area contributed by atoms with Crippen molar-refractivity contribution < 1.29 is 9.59 Å². The second kappa shape index (κ2) is 10.4. The monoisotopic (exact) mass is 395 g/mol. The maximum absolute atomic E-state index is 12.2. The normalized spacial score (nSPS) is 10.6. The third-order valence-electron chi connectivity index (χ3n) is 4.80. The number of nitriles is 1. The number of nitrogens with one attached hydrogen (secondary N) is 2. The van der Waals surface area contributed by atoms with Crippen LogP contribution in [0.3, 0.4) is 0 Å². The summed E-state index contributed by atoms with van der Waals surface area (Å²) in [4.78, 5) is 24.0. The summed E-state index contributed by atoms with van der Waals surface area (Å²) in [5, 5.41) is 19.0. The number of carbonyl (C=O) groups excluding carboxylic acids is 2. The average Bonchev–Trinajstić information content (AvgIpc) is 2.96. The molecule has 7 heteroatoms. The van der Waals surface area contributed by atoms with E-state index in [1.165, 1.54) is 0 Å². The zero-order chi connectivity index (χ0) is 21.4. The Hall–Kier alpha value is -3.14. The van der Waals surface area contributed by atoms with Gasteiger partial charge >= 0.3 is 0 Å². The molecule has 0 atom stereocenters. The summed E-state index contributed by atoms with van der Waals surface area (Å²) < 4.78 is 1.84. The Morgan fingerprint density at radius 1 is 1.21 bits per heavy atom. The molecule has 2 aromatic rings. The van der Waals surface area contributed by atoms with Crippen LogP contribution in [-0.2, 0) is 29.1 Å². The van der Waals surface area contributed by atoms with Crippen LogP contribution in [0.2, 0.25) is 0 Å². The Labute approximate surface area is 172 Å². The molecule has 0 fully saturated rings. The first-order chi connectivity index (χ1) is 13.8. The van der Waals surface area contributed by atoms with Crippen LogP contribution in [0.15, 0.2) is 24.3 Å². The van der Waals surface area contributed by atoms with Gasteiger partial charge in [-0.1, -0.05) is 26.0 Å². The second-order valence-corrected chi connectivity index (χ2v) is 7.40. The lowest BCUT2D eigenvalue weighted by molar-refractivity contribution is -0.121. The van der Waals surface area contributed by atoms with Crippen LogP contribution in [-0.4, -0.2) is 21.6 Å². The molecule has 0 bridgehead atoms. The number of anilines is 1. The highest BCUT2D eigenvalue weighted by Crippen LogP contribution is 2.16. The van der Waals surface area contributed by atoms with Crippen LogP contribution in [0.1, 0.15) is 49.2 Å². The standard InChI is InChI=1S/C22H29N5O2/c1-15(2)22(29)25-19-8-6-18(7-9-19)14-24-21(28)11-10-20-16(3)26-27(17(20)4)13-5-12-23/h6-9,15H,5,10-11,13-14H2,1-4H3,(H,24,28)(H,25,29). The van der Waals surface area contributed by atoms with Gasteiger partial charge in [-0.2, -0.15) is 10.4 Å². The molecule has 0 spiro atoms. The van der Waals surface area contributed by atoms with Gasteiger partial charge in [0.05, 0.1) is 24.7 Å². The van der Waals surface area contributed by atoms with E-state index < -0.39 is 0 Å². The fraction of sp³-hybridized carbons (Fsp3) is 0.455. The van der Waals surface area contributed by atoms with Crippen molar-refractivity contribution in [1.82, 2.24) is 15.1 Å². The topological polar surface area (TPSA) is 99.8 Å². The minimum atomic E-state index is -0.0697. The zero-order valence-electron chi connectivity index (χ0n) is 17.6. The zero-order valence-corrected chi connectivity index (χ0v) is 17.6. The summed E-state index contributed by atoms with van der Waals surface area (Å²) in [6.45, 7) is 8.62. The smallest absolute Gasteiger partial charge is 0.226 e. The molecule has 0 saturated heterocycles. The quantitative estimate of drug-likeness (QED) is 0.681. The summed E-state index contributed by atoms with van der Waals surface area (Å²) in [7, 11) is 0. The molecular formula is C22H29N5O2. The summed E-state index contributed by atoms with van der Waals surface area (Å²) in [5.41, 5.74) is 4.72. The van der Waals surface area contributed by atoms with Crippen LogP contribution in [0, 0.1) is 31.1 Å². The lowest BCUT2D eigenvalue weighted by Crippen LogP contribution is -2.23. The van der Waals surface area contributed by atoms with Crippen LogP contribution in [0.5, 0.6) is 0 Å². The first kappa shape index (κ1) is 22.2. The first-order valence-corrected chi connectivity index (χ1v) is 9.88. The molecule has 29 heavy (non-hydrogen) atoms. The van der Waals surface area contributed by atoms with Crippen LogP contribution < -0.4 is 10.6 Å². The number of amides is 2. The van der Waals surface area contributed by atoms with Gasteiger partial charge in [0.25, 0.3) is 0 Å². The molecule has 1 aromatic heterocycles. The molecule has 154 valence electrons. The summed E-state index contributed by atoms with van der Waals surface area (Å²) >= 11 is 0. The third kappa shape index (κ3) is 6.46. The Bertz CT molecular complexity index is 891. The van der Waals surface area contributed by atoms with Crippen molar-refractivity contribution in [2.45, 2.75) is 60.0 Å². The maximum atomic E-state index is 12.2. The molecule has 0 aliphatic carbocycles. The predicted molar refractivity (Wildman–Crippen MR) is 112 cm³/mol. The van der Waals surface area contributed by atoms with E-state index in [-0.39, 0.29) is 17.7 Å². The minimum absolute atomic E-state index is 0.0208. The van der Waals surface area contributed by atoms with Crippen molar-refractivity contribution in [3.63, 3.8) is 0 Å². The number of carbonyl (C=O) groups is 2. The van der Waals surface area contributed by atoms with E-state index in [0.717, 1.165) is 28.2 Å². The Morgan fingerprint density at radius 3 is 2.52 bits per heavy atom. The molecule has 1 aromatic carbocycles. The van der Waals surface area contributed by atoms with E-state index in [1.54, 1.807) is 0 Å². The SMILES string of the molecule is Cc1nn(CCC#N)c(C)c1CCC(=O)NCc1ccc(NC(=O)C(C)C)cc1. The van der Waals surface area contributed by atoms with E-state index in [1.807, 2.05) is 56.6 Å². The Kier molecular flexibility index (Phi) is 7.96. The number of aryl methyl sites for hydroxylation is 2. The van der Waals surface area contributed by atoms with E-state index in [9.17, 15) is 9.59 Å². The Morgan fingerprint density at radius 2 is 1.90 bits per heavy atom. The molecule has 0 unspecified atom stereocenters. The van der Waals surface area contributed by atoms with Crippen molar-refractivity contribution in [2.24, 2.45) is 5.92 Å². The van der Waals surface area contributed by atoms with Crippen molar-refractivity contribution in [1.29, 1.82) is 5.26 Å². The van der Waals surface area contributed by atoms with Gasteiger partial charge in [0.1, 0.15) is 0 Å². The predicted octanol–water partition coefficient (Wildman–Crippen LogP) is 3.26. The molecule has 0 radical (unpaired) electrons. The van der Waals surface area contributed by atoms with Gasteiger partial charge in [-0.3, -0.25) is 14.3 Å². The molecule has 2 amide bonds. The van der Waals surface area contributed by atoms with Crippen molar-refractivity contribution in [3.8, 4) is 6.07 Å². The van der Waals surface area contributed by atoms with Crippen molar-refractivity contribution in [2.75, 3.05) is 5.32 Å². The first-order valence-electron chi connectivity index (χ1n) is 9.88. The molecule has 2 rings (SSSR count). The van der Waals surface area contributed by atoms with E-state index in [0.29, 0.717) is 32.4 Å². The highest BCUT2D eigenvalue weighted by Gasteiger charge is 2.13. The number of rotatable bonds is 9. The number of nitrogens with zero attached hydrogens (tertiary/aromatic N) is 3. The van der Waals surface area contributed by atoms with Crippen molar-refractivity contribution >= 4 is 17.5 Å². The van der Waals surface area contributed by atoms with Gasteiger partial charge in [-0.25, -0.2) is 0 Å². The van der Waals surface area contributed by atoms with Gasteiger partial charge < -0.3 is 10.6 Å². The van der Waals surface area contributed by atoms with Crippen LogP contribution >= 0.6 is 0 Å². The van der Waals surface area contributed by atoms with Gasteiger partial charge in [0.15, 0.2) is 0 Å². The lowest BCUT2D eigenvalue weighted by Gasteiger charge is -2.09. The van der Waals surface area contributed by atoms with Gasteiger partial charge in [0, 0.05) is 30.3 Å². The van der Waals surface area contributed by atoms with Crippen LogP contribution in [0.4, 0.5) is 5.69 Å². The highest BCUT2D eigenvalue weighted by molar-refractivity contribution is 5.92. The second-order valence-electron chi connectivity index (χ2n) is 7.40. The average molecular weight is 396 g/mol. The molecule has 0 aliphatic rings. The fourth-order valence-electron chi connectivity index (χ4n) is 2.99. The molecule has 0 aliphatic heterocycles. The molecular weight excluding hydrogens is 366 g/mol. The summed E-state index contributed by atoms with van der Waals surface area (Å²) in [5.74, 6) is -0.113. The van der Waals surface area contributed by atoms with Gasteiger partial charge in [-0.05, 0) is 43.5 Å². The van der Waals surface area contributed by atoms with E-state index in [4.69, 9.17) is 5.26 Å². The van der Waals surface area contributed by atoms with Gasteiger partial charge in [0.2, 0.25) is 11.8 Å². The highest BCUT2D eigenvalue weighted by atomic mass is 16.2. The molecule has 0 saturated carbocycles. The molecule has 1 heterocycles. The number of hydrogen-bond donors (Lipinski definition) is 2. The summed E-state index contributed by atoms with van der Waals surface area (Å²) in [6, 6.07) is 9.59. The van der Waals surface area contributed by atoms with E-state index >= 15 is 0 Å². The number of aromatic nitrogens is 2. The Balaban J connectivity index is 1.82. The van der Waals surface area contributed by atoms with E-state index in [2.05, 4.69) is 21.8 Å².